The van der Waals surface area contributed by atoms with Crippen LogP contribution >= 0.6 is 23.2 Å². The summed E-state index contributed by atoms with van der Waals surface area (Å²) in [7, 11) is 0. The van der Waals surface area contributed by atoms with E-state index >= 15 is 0 Å². The molecular formula is C15H20Cl2N2. The molecule has 2 aliphatic rings. The molecule has 4 heteroatoms. The van der Waals surface area contributed by atoms with E-state index in [9.17, 15) is 0 Å². The van der Waals surface area contributed by atoms with Gasteiger partial charge in [-0.3, -0.25) is 9.80 Å². The van der Waals surface area contributed by atoms with Gasteiger partial charge in [0.1, 0.15) is 0 Å². The largest absolute Gasteiger partial charge is 0.298 e. The van der Waals surface area contributed by atoms with Gasteiger partial charge in [-0.1, -0.05) is 29.3 Å². The molecule has 1 heterocycles. The first-order valence-corrected chi connectivity index (χ1v) is 7.81. The minimum Gasteiger partial charge on any atom is -0.298 e. The summed E-state index contributed by atoms with van der Waals surface area (Å²) in [5.41, 5.74) is 1.07. The smallest absolute Gasteiger partial charge is 0.0465 e. The predicted octanol–water partition coefficient (Wildman–Crippen LogP) is 3.66. The third kappa shape index (κ3) is 3.08. The first-order valence-electron chi connectivity index (χ1n) is 7.06. The van der Waals surface area contributed by atoms with Crippen molar-refractivity contribution in [1.82, 2.24) is 9.80 Å². The van der Waals surface area contributed by atoms with E-state index < -0.39 is 0 Å². The van der Waals surface area contributed by atoms with Crippen molar-refractivity contribution in [1.29, 1.82) is 0 Å². The topological polar surface area (TPSA) is 6.48 Å². The Labute approximate surface area is 125 Å². The summed E-state index contributed by atoms with van der Waals surface area (Å²) < 4.78 is 0. The molecule has 1 aromatic rings. The van der Waals surface area contributed by atoms with Crippen LogP contribution < -0.4 is 0 Å². The molecule has 1 aliphatic heterocycles. The van der Waals surface area contributed by atoms with E-state index in [1.165, 1.54) is 25.9 Å². The first kappa shape index (κ1) is 13.7. The van der Waals surface area contributed by atoms with Crippen LogP contribution in [-0.2, 0) is 6.54 Å². The van der Waals surface area contributed by atoms with Crippen molar-refractivity contribution in [3.05, 3.63) is 33.8 Å². The van der Waals surface area contributed by atoms with Gasteiger partial charge in [0, 0.05) is 53.9 Å². The molecule has 1 aromatic carbocycles. The van der Waals surface area contributed by atoms with E-state index in [4.69, 9.17) is 23.2 Å². The molecule has 1 atom stereocenters. The zero-order valence-corrected chi connectivity index (χ0v) is 12.8. The van der Waals surface area contributed by atoms with Gasteiger partial charge in [0.15, 0.2) is 0 Å². The molecule has 0 radical (unpaired) electrons. The van der Waals surface area contributed by atoms with Gasteiger partial charge in [-0.25, -0.2) is 0 Å². The summed E-state index contributed by atoms with van der Waals surface area (Å²) in [4.78, 5) is 5.13. The van der Waals surface area contributed by atoms with Crippen molar-refractivity contribution in [3.8, 4) is 0 Å². The summed E-state index contributed by atoms with van der Waals surface area (Å²) in [5.74, 6) is 0. The molecular weight excluding hydrogens is 279 g/mol. The van der Waals surface area contributed by atoms with E-state index in [1.807, 2.05) is 18.2 Å². The molecule has 0 N–H and O–H groups in total. The highest BCUT2D eigenvalue weighted by Crippen LogP contribution is 2.31. The van der Waals surface area contributed by atoms with Crippen LogP contribution in [0.2, 0.25) is 10.0 Å². The van der Waals surface area contributed by atoms with Gasteiger partial charge in [-0.15, -0.1) is 0 Å². The average molecular weight is 299 g/mol. The Kier molecular flexibility index (Phi) is 4.04. The molecule has 2 fully saturated rings. The summed E-state index contributed by atoms with van der Waals surface area (Å²) in [6.45, 7) is 6.63. The third-order valence-electron chi connectivity index (χ3n) is 4.28. The van der Waals surface area contributed by atoms with Gasteiger partial charge in [0.2, 0.25) is 0 Å². The van der Waals surface area contributed by atoms with Crippen molar-refractivity contribution >= 4 is 23.2 Å². The summed E-state index contributed by atoms with van der Waals surface area (Å²) in [5, 5.41) is 1.56. The molecule has 19 heavy (non-hydrogen) atoms. The highest BCUT2D eigenvalue weighted by atomic mass is 35.5. The summed E-state index contributed by atoms with van der Waals surface area (Å²) >= 11 is 12.5. The fourth-order valence-electron chi connectivity index (χ4n) is 2.92. The minimum absolute atomic E-state index is 0.571. The van der Waals surface area contributed by atoms with Gasteiger partial charge in [-0.05, 0) is 31.9 Å². The maximum absolute atomic E-state index is 6.26. The van der Waals surface area contributed by atoms with Crippen molar-refractivity contribution in [2.45, 2.75) is 38.4 Å². The molecule has 1 saturated heterocycles. The number of piperazine rings is 1. The molecule has 0 bridgehead atoms. The van der Waals surface area contributed by atoms with Crippen LogP contribution in [0.3, 0.4) is 0 Å². The van der Waals surface area contributed by atoms with E-state index in [0.29, 0.717) is 6.04 Å². The van der Waals surface area contributed by atoms with Crippen LogP contribution in [0.25, 0.3) is 0 Å². The molecule has 1 unspecified atom stereocenters. The van der Waals surface area contributed by atoms with Gasteiger partial charge in [-0.2, -0.15) is 0 Å². The van der Waals surface area contributed by atoms with Crippen LogP contribution in [0, 0.1) is 0 Å². The zero-order chi connectivity index (χ0) is 13.4. The maximum atomic E-state index is 6.26. The fraction of sp³-hybridized carbons (Fsp3) is 0.600. The molecule has 104 valence electrons. The minimum atomic E-state index is 0.571. The Hall–Kier alpha value is -0.280. The number of rotatable bonds is 3. The standard InChI is InChI=1S/C15H20Cl2N2/c1-11-9-19(12-5-6-12)8-7-18(11)10-13-14(16)3-2-4-15(13)17/h2-4,11-12H,5-10H2,1H3. The Balaban J connectivity index is 1.66. The van der Waals surface area contributed by atoms with Crippen molar-refractivity contribution in [3.63, 3.8) is 0 Å². The van der Waals surface area contributed by atoms with Crippen molar-refractivity contribution in [2.75, 3.05) is 19.6 Å². The zero-order valence-electron chi connectivity index (χ0n) is 11.3. The quantitative estimate of drug-likeness (QED) is 0.840. The van der Waals surface area contributed by atoms with E-state index in [-0.39, 0.29) is 0 Å². The molecule has 1 aliphatic carbocycles. The lowest BCUT2D eigenvalue weighted by Crippen LogP contribution is -2.52. The van der Waals surface area contributed by atoms with Crippen LogP contribution in [0.1, 0.15) is 25.3 Å². The van der Waals surface area contributed by atoms with E-state index in [2.05, 4.69) is 16.7 Å². The maximum Gasteiger partial charge on any atom is 0.0465 e. The van der Waals surface area contributed by atoms with Crippen LogP contribution in [0.4, 0.5) is 0 Å². The Bertz CT molecular complexity index is 439. The van der Waals surface area contributed by atoms with Crippen LogP contribution in [-0.4, -0.2) is 41.5 Å². The molecule has 1 saturated carbocycles. The lowest BCUT2D eigenvalue weighted by Gasteiger charge is -2.40. The average Bonchev–Trinajstić information content (AvgIpc) is 3.20. The van der Waals surface area contributed by atoms with E-state index in [1.54, 1.807) is 0 Å². The first-order chi connectivity index (χ1) is 9.15. The second-order valence-corrected chi connectivity index (χ2v) is 6.56. The number of nitrogens with zero attached hydrogens (tertiary/aromatic N) is 2. The number of hydrogen-bond acceptors (Lipinski definition) is 2. The number of halogens is 2. The third-order valence-corrected chi connectivity index (χ3v) is 4.99. The van der Waals surface area contributed by atoms with Crippen molar-refractivity contribution in [2.24, 2.45) is 0 Å². The van der Waals surface area contributed by atoms with Gasteiger partial charge < -0.3 is 0 Å². The molecule has 2 nitrogen and oxygen atoms in total. The van der Waals surface area contributed by atoms with Crippen molar-refractivity contribution < 1.29 is 0 Å². The monoisotopic (exact) mass is 298 g/mol. The predicted molar refractivity (Wildman–Crippen MR) is 80.9 cm³/mol. The van der Waals surface area contributed by atoms with E-state index in [0.717, 1.165) is 34.7 Å². The fourth-order valence-corrected chi connectivity index (χ4v) is 3.43. The summed E-state index contributed by atoms with van der Waals surface area (Å²) in [6.07, 6.45) is 2.78. The lowest BCUT2D eigenvalue weighted by molar-refractivity contribution is 0.0730. The number of benzene rings is 1. The second kappa shape index (κ2) is 5.61. The normalized spacial score (nSPS) is 25.7. The Morgan fingerprint density at radius 2 is 1.84 bits per heavy atom. The Morgan fingerprint density at radius 3 is 2.42 bits per heavy atom. The molecule has 0 amide bonds. The number of hydrogen-bond donors (Lipinski definition) is 0. The second-order valence-electron chi connectivity index (χ2n) is 5.75. The molecule has 0 aromatic heterocycles. The van der Waals surface area contributed by atoms with Gasteiger partial charge in [0.05, 0.1) is 0 Å². The van der Waals surface area contributed by atoms with Gasteiger partial charge in [0.25, 0.3) is 0 Å². The van der Waals surface area contributed by atoms with Crippen LogP contribution in [0.5, 0.6) is 0 Å². The molecule has 3 rings (SSSR count). The molecule has 0 spiro atoms. The SMILES string of the molecule is CC1CN(C2CC2)CCN1Cc1c(Cl)cccc1Cl. The lowest BCUT2D eigenvalue weighted by atomic mass is 10.1. The summed E-state index contributed by atoms with van der Waals surface area (Å²) in [6, 6.07) is 7.19. The van der Waals surface area contributed by atoms with Gasteiger partial charge >= 0.3 is 0 Å². The highest BCUT2D eigenvalue weighted by molar-refractivity contribution is 6.35. The highest BCUT2D eigenvalue weighted by Gasteiger charge is 2.34. The van der Waals surface area contributed by atoms with Crippen LogP contribution in [0.15, 0.2) is 18.2 Å². The Morgan fingerprint density at radius 1 is 1.16 bits per heavy atom.